The predicted molar refractivity (Wildman–Crippen MR) is 161 cm³/mol. The maximum absolute atomic E-state index is 14.0. The number of amides is 1. The molecule has 0 bridgehead atoms. The Morgan fingerprint density at radius 2 is 1.75 bits per heavy atom. The molecule has 9 heteroatoms. The number of nitrogens with two attached hydrogens (primary N) is 1. The molecule has 0 aliphatic rings. The van der Waals surface area contributed by atoms with Crippen molar-refractivity contribution in [3.05, 3.63) is 87.6 Å². The summed E-state index contributed by atoms with van der Waals surface area (Å²) >= 11 is 0. The number of hydrogen-bond acceptors (Lipinski definition) is 7. The summed E-state index contributed by atoms with van der Waals surface area (Å²) in [5.41, 5.74) is 9.74. The summed E-state index contributed by atoms with van der Waals surface area (Å²) in [7, 11) is 0. The van der Waals surface area contributed by atoms with Crippen molar-refractivity contribution in [1.82, 2.24) is 24.8 Å². The third-order valence-corrected chi connectivity index (χ3v) is 6.52. The SMILES string of the molecule is CCC(Nc1nc(N)nc(C)c1/C(C)=C\C(=O)NC(C)(C)C)c1nc2cccc(C)c2c(=O)n1-c1ccccc1. The van der Waals surface area contributed by atoms with Crippen LogP contribution in [-0.4, -0.2) is 31.0 Å². The van der Waals surface area contributed by atoms with Gasteiger partial charge in [-0.2, -0.15) is 4.98 Å². The fourth-order valence-corrected chi connectivity index (χ4v) is 4.83. The number of carbonyl (C=O) groups excluding carboxylic acids is 1. The number of benzene rings is 2. The maximum Gasteiger partial charge on any atom is 0.266 e. The van der Waals surface area contributed by atoms with E-state index in [1.54, 1.807) is 4.57 Å². The Morgan fingerprint density at radius 1 is 1.05 bits per heavy atom. The molecule has 0 saturated carbocycles. The van der Waals surface area contributed by atoms with Crippen molar-refractivity contribution in [2.75, 3.05) is 11.1 Å². The van der Waals surface area contributed by atoms with Crippen molar-refractivity contribution in [2.45, 2.75) is 66.5 Å². The highest BCUT2D eigenvalue weighted by Gasteiger charge is 2.24. The van der Waals surface area contributed by atoms with E-state index >= 15 is 0 Å². The number of rotatable bonds is 7. The van der Waals surface area contributed by atoms with Crippen LogP contribution in [0.15, 0.2) is 59.4 Å². The van der Waals surface area contributed by atoms with Crippen LogP contribution in [-0.2, 0) is 4.79 Å². The van der Waals surface area contributed by atoms with Crippen LogP contribution < -0.4 is 21.9 Å². The van der Waals surface area contributed by atoms with Gasteiger partial charge in [0.1, 0.15) is 11.6 Å². The number of hydrogen-bond donors (Lipinski definition) is 3. The molecule has 0 spiro atoms. The van der Waals surface area contributed by atoms with Crippen molar-refractivity contribution in [2.24, 2.45) is 0 Å². The van der Waals surface area contributed by atoms with Gasteiger partial charge in [0, 0.05) is 17.2 Å². The first kappa shape index (κ1) is 28.5. The minimum absolute atomic E-state index is 0.105. The van der Waals surface area contributed by atoms with E-state index < -0.39 is 6.04 Å². The molecule has 0 aliphatic carbocycles. The highest BCUT2D eigenvalue weighted by atomic mass is 16.1. The Bertz CT molecular complexity index is 1650. The molecule has 2 heterocycles. The van der Waals surface area contributed by atoms with Crippen LogP contribution in [0.5, 0.6) is 0 Å². The summed E-state index contributed by atoms with van der Waals surface area (Å²) in [6, 6.07) is 14.7. The molecule has 4 aromatic rings. The molecule has 9 nitrogen and oxygen atoms in total. The molecule has 1 amide bonds. The topological polar surface area (TPSA) is 128 Å². The molecule has 2 aromatic heterocycles. The first-order chi connectivity index (χ1) is 18.9. The average molecular weight is 540 g/mol. The molecule has 4 N–H and O–H groups in total. The molecule has 0 aliphatic heterocycles. The number of allylic oxidation sites excluding steroid dienone is 1. The molecular weight excluding hydrogens is 502 g/mol. The van der Waals surface area contributed by atoms with E-state index in [2.05, 4.69) is 20.6 Å². The number of aromatic nitrogens is 4. The van der Waals surface area contributed by atoms with Gasteiger partial charge in [-0.25, -0.2) is 9.97 Å². The molecule has 2 aromatic carbocycles. The standard InChI is InChI=1S/C31H37N7O2/c1-8-22(34-27-25(20(4)33-30(32)36-27)19(3)17-24(39)37-31(5,6)7)28-35-23-16-12-13-18(2)26(23)29(40)38(28)21-14-10-9-11-15-21/h9-17,22H,8H2,1-7H3,(H,37,39)(H3,32,33,34,36)/b19-17-. The molecule has 1 unspecified atom stereocenters. The first-order valence-electron chi connectivity index (χ1n) is 13.4. The number of nitrogen functional groups attached to an aromatic ring is 1. The van der Waals surface area contributed by atoms with Crippen molar-refractivity contribution >= 4 is 34.1 Å². The number of aryl methyl sites for hydroxylation is 2. The predicted octanol–water partition coefficient (Wildman–Crippen LogP) is 5.26. The van der Waals surface area contributed by atoms with E-state index in [1.807, 2.05) is 97.0 Å². The zero-order valence-corrected chi connectivity index (χ0v) is 24.2. The smallest absolute Gasteiger partial charge is 0.266 e. The molecule has 0 radical (unpaired) electrons. The van der Waals surface area contributed by atoms with E-state index in [0.717, 1.165) is 5.56 Å². The number of para-hydroxylation sites is 1. The summed E-state index contributed by atoms with van der Waals surface area (Å²) in [6.07, 6.45) is 2.13. The lowest BCUT2D eigenvalue weighted by Gasteiger charge is -2.24. The van der Waals surface area contributed by atoms with Gasteiger partial charge in [0.05, 0.1) is 28.3 Å². The van der Waals surface area contributed by atoms with E-state index in [1.165, 1.54) is 6.08 Å². The van der Waals surface area contributed by atoms with Crippen molar-refractivity contribution in [1.29, 1.82) is 0 Å². The maximum atomic E-state index is 14.0. The Kier molecular flexibility index (Phi) is 8.04. The second kappa shape index (κ2) is 11.3. The van der Waals surface area contributed by atoms with Gasteiger partial charge in [0.2, 0.25) is 11.9 Å². The summed E-state index contributed by atoms with van der Waals surface area (Å²) in [5.74, 6) is 0.897. The Morgan fingerprint density at radius 3 is 2.40 bits per heavy atom. The van der Waals surface area contributed by atoms with Crippen molar-refractivity contribution in [3.63, 3.8) is 0 Å². The van der Waals surface area contributed by atoms with Crippen LogP contribution in [0, 0.1) is 13.8 Å². The molecule has 0 fully saturated rings. The van der Waals surface area contributed by atoms with Gasteiger partial charge in [-0.3, -0.25) is 14.2 Å². The number of fused-ring (bicyclic) bond motifs is 1. The van der Waals surface area contributed by atoms with Crippen molar-refractivity contribution in [3.8, 4) is 5.69 Å². The molecule has 4 rings (SSSR count). The molecule has 208 valence electrons. The van der Waals surface area contributed by atoms with Crippen LogP contribution in [0.3, 0.4) is 0 Å². The van der Waals surface area contributed by atoms with E-state index in [4.69, 9.17) is 10.7 Å². The number of carbonyl (C=O) groups is 1. The zero-order chi connectivity index (χ0) is 29.2. The number of nitrogens with one attached hydrogen (secondary N) is 2. The lowest BCUT2D eigenvalue weighted by molar-refractivity contribution is -0.117. The highest BCUT2D eigenvalue weighted by Crippen LogP contribution is 2.30. The third kappa shape index (κ3) is 6.03. The van der Waals surface area contributed by atoms with Gasteiger partial charge in [-0.1, -0.05) is 37.3 Å². The summed E-state index contributed by atoms with van der Waals surface area (Å²) in [5, 5.41) is 7.02. The van der Waals surface area contributed by atoms with Crippen LogP contribution in [0.2, 0.25) is 0 Å². The molecule has 0 saturated heterocycles. The number of nitrogens with zero attached hydrogens (tertiary/aromatic N) is 4. The van der Waals surface area contributed by atoms with E-state index in [9.17, 15) is 9.59 Å². The third-order valence-electron chi connectivity index (χ3n) is 6.52. The lowest BCUT2D eigenvalue weighted by Crippen LogP contribution is -2.39. The fraction of sp³-hybridized carbons (Fsp3) is 0.323. The van der Waals surface area contributed by atoms with Gasteiger partial charge in [0.15, 0.2) is 0 Å². The monoisotopic (exact) mass is 539 g/mol. The second-order valence-corrected chi connectivity index (χ2v) is 11.0. The molecular formula is C31H37N7O2. The van der Waals surface area contributed by atoms with Crippen LogP contribution in [0.1, 0.15) is 69.7 Å². The molecule has 40 heavy (non-hydrogen) atoms. The fourth-order valence-electron chi connectivity index (χ4n) is 4.83. The summed E-state index contributed by atoms with van der Waals surface area (Å²) in [6.45, 7) is 13.4. The quantitative estimate of drug-likeness (QED) is 0.274. The Hall–Kier alpha value is -4.53. The van der Waals surface area contributed by atoms with Gasteiger partial charge in [-0.15, -0.1) is 0 Å². The average Bonchev–Trinajstić information content (AvgIpc) is 2.86. The second-order valence-electron chi connectivity index (χ2n) is 11.0. The summed E-state index contributed by atoms with van der Waals surface area (Å²) < 4.78 is 1.66. The minimum atomic E-state index is -0.415. The molecule has 1 atom stereocenters. The minimum Gasteiger partial charge on any atom is -0.368 e. The normalized spacial score (nSPS) is 12.8. The van der Waals surface area contributed by atoms with Crippen molar-refractivity contribution < 1.29 is 4.79 Å². The van der Waals surface area contributed by atoms with Crippen LogP contribution in [0.4, 0.5) is 11.8 Å². The highest BCUT2D eigenvalue weighted by molar-refractivity contribution is 5.96. The zero-order valence-electron chi connectivity index (χ0n) is 24.2. The Labute approximate surface area is 234 Å². The largest absolute Gasteiger partial charge is 0.368 e. The first-order valence-corrected chi connectivity index (χ1v) is 13.4. The number of anilines is 2. The summed E-state index contributed by atoms with van der Waals surface area (Å²) in [4.78, 5) is 40.5. The van der Waals surface area contributed by atoms with Crippen LogP contribution in [0.25, 0.3) is 22.2 Å². The van der Waals surface area contributed by atoms with E-state index in [0.29, 0.717) is 51.5 Å². The lowest BCUT2D eigenvalue weighted by atomic mass is 10.0. The Balaban J connectivity index is 1.88. The van der Waals surface area contributed by atoms with E-state index in [-0.39, 0.29) is 23.0 Å². The van der Waals surface area contributed by atoms with Gasteiger partial charge in [-0.05, 0) is 77.3 Å². The van der Waals surface area contributed by atoms with Crippen LogP contribution >= 0.6 is 0 Å². The van der Waals surface area contributed by atoms with Gasteiger partial charge >= 0.3 is 0 Å². The van der Waals surface area contributed by atoms with Gasteiger partial charge < -0.3 is 16.4 Å². The van der Waals surface area contributed by atoms with Gasteiger partial charge in [0.25, 0.3) is 5.56 Å².